The highest BCUT2D eigenvalue weighted by atomic mass is 16.5. The van der Waals surface area contributed by atoms with Crippen molar-refractivity contribution >= 4 is 17.4 Å². The molecule has 1 fully saturated rings. The molecule has 0 spiro atoms. The summed E-state index contributed by atoms with van der Waals surface area (Å²) in [6.45, 7) is 9.85. The van der Waals surface area contributed by atoms with E-state index in [0.717, 1.165) is 50.9 Å². The number of aromatic nitrogens is 1. The van der Waals surface area contributed by atoms with E-state index in [1.54, 1.807) is 6.20 Å². The van der Waals surface area contributed by atoms with Gasteiger partial charge in [0.1, 0.15) is 5.82 Å². The molecule has 1 amide bonds. The first-order chi connectivity index (χ1) is 13.2. The standard InChI is InChI=1S/C21H28N4O2/c1-3-25(19-6-4-5-17(2)15-19)20-8-7-18(16-23-20)21(26)22-9-10-24-11-13-27-14-12-24/h4-8,15-16H,3,9-14H2,1-2H3,(H,22,26). The lowest BCUT2D eigenvalue weighted by atomic mass is 10.2. The van der Waals surface area contributed by atoms with Crippen molar-refractivity contribution < 1.29 is 9.53 Å². The van der Waals surface area contributed by atoms with Crippen LogP contribution in [0.2, 0.25) is 0 Å². The van der Waals surface area contributed by atoms with Crippen molar-refractivity contribution in [3.8, 4) is 0 Å². The molecule has 3 rings (SSSR count). The molecule has 27 heavy (non-hydrogen) atoms. The Hall–Kier alpha value is -2.44. The topological polar surface area (TPSA) is 57.7 Å². The second-order valence-electron chi connectivity index (χ2n) is 6.70. The predicted molar refractivity (Wildman–Crippen MR) is 108 cm³/mol. The van der Waals surface area contributed by atoms with Gasteiger partial charge >= 0.3 is 0 Å². The third kappa shape index (κ3) is 5.28. The zero-order valence-corrected chi connectivity index (χ0v) is 16.1. The highest BCUT2D eigenvalue weighted by Gasteiger charge is 2.13. The van der Waals surface area contributed by atoms with E-state index < -0.39 is 0 Å². The van der Waals surface area contributed by atoms with Gasteiger partial charge in [0.05, 0.1) is 18.8 Å². The minimum absolute atomic E-state index is 0.0825. The van der Waals surface area contributed by atoms with Crippen LogP contribution in [0.3, 0.4) is 0 Å². The summed E-state index contributed by atoms with van der Waals surface area (Å²) in [5.74, 6) is 0.758. The number of anilines is 2. The van der Waals surface area contributed by atoms with Gasteiger partial charge in [0, 0.05) is 44.6 Å². The Kier molecular flexibility index (Phi) is 6.79. The van der Waals surface area contributed by atoms with Gasteiger partial charge in [-0.05, 0) is 43.7 Å². The number of ether oxygens (including phenoxy) is 1. The number of carbonyl (C=O) groups is 1. The summed E-state index contributed by atoms with van der Waals surface area (Å²) in [5.41, 5.74) is 2.90. The zero-order valence-electron chi connectivity index (χ0n) is 16.1. The number of carbonyl (C=O) groups excluding carboxylic acids is 1. The maximum absolute atomic E-state index is 12.3. The molecule has 1 aromatic heterocycles. The molecule has 6 nitrogen and oxygen atoms in total. The SMILES string of the molecule is CCN(c1cccc(C)c1)c1ccc(C(=O)NCCN2CCOCC2)cn1. The maximum atomic E-state index is 12.3. The van der Waals surface area contributed by atoms with Crippen molar-refractivity contribution in [2.24, 2.45) is 0 Å². The van der Waals surface area contributed by atoms with Gasteiger partial charge in [-0.1, -0.05) is 12.1 Å². The second-order valence-corrected chi connectivity index (χ2v) is 6.70. The molecule has 0 radical (unpaired) electrons. The minimum atomic E-state index is -0.0825. The van der Waals surface area contributed by atoms with E-state index in [4.69, 9.17) is 4.74 Å². The molecule has 0 atom stereocenters. The Balaban J connectivity index is 1.57. The van der Waals surface area contributed by atoms with Gasteiger partial charge in [-0.25, -0.2) is 4.98 Å². The molecule has 1 saturated heterocycles. The number of nitrogens with one attached hydrogen (secondary N) is 1. The summed E-state index contributed by atoms with van der Waals surface area (Å²) in [6, 6.07) is 12.1. The monoisotopic (exact) mass is 368 g/mol. The highest BCUT2D eigenvalue weighted by Crippen LogP contribution is 2.24. The van der Waals surface area contributed by atoms with Crippen molar-refractivity contribution in [3.63, 3.8) is 0 Å². The van der Waals surface area contributed by atoms with E-state index in [1.165, 1.54) is 5.56 Å². The second kappa shape index (κ2) is 9.48. The molecule has 1 aliphatic heterocycles. The molecular formula is C21H28N4O2. The van der Waals surface area contributed by atoms with Gasteiger partial charge in [-0.15, -0.1) is 0 Å². The molecule has 144 valence electrons. The number of pyridine rings is 1. The first-order valence-electron chi connectivity index (χ1n) is 9.56. The normalized spacial score (nSPS) is 14.7. The summed E-state index contributed by atoms with van der Waals surface area (Å²) in [7, 11) is 0. The minimum Gasteiger partial charge on any atom is -0.379 e. The summed E-state index contributed by atoms with van der Waals surface area (Å²) in [4.78, 5) is 21.3. The Bertz CT molecular complexity index is 742. The third-order valence-electron chi connectivity index (χ3n) is 4.73. The molecule has 6 heteroatoms. The van der Waals surface area contributed by atoms with Crippen LogP contribution in [0.4, 0.5) is 11.5 Å². The van der Waals surface area contributed by atoms with Gasteiger partial charge in [0.25, 0.3) is 5.91 Å². The zero-order chi connectivity index (χ0) is 19.1. The molecule has 1 aliphatic rings. The van der Waals surface area contributed by atoms with Crippen molar-refractivity contribution in [2.45, 2.75) is 13.8 Å². The van der Waals surface area contributed by atoms with Crippen LogP contribution in [0.25, 0.3) is 0 Å². The molecule has 1 N–H and O–H groups in total. The average Bonchev–Trinajstić information content (AvgIpc) is 2.70. The molecule has 2 aromatic rings. The number of aryl methyl sites for hydroxylation is 1. The lowest BCUT2D eigenvalue weighted by Gasteiger charge is -2.26. The lowest BCUT2D eigenvalue weighted by Crippen LogP contribution is -2.41. The number of hydrogen-bond donors (Lipinski definition) is 1. The molecule has 0 unspecified atom stereocenters. The number of benzene rings is 1. The lowest BCUT2D eigenvalue weighted by molar-refractivity contribution is 0.0383. The number of hydrogen-bond acceptors (Lipinski definition) is 5. The molecular weight excluding hydrogens is 340 g/mol. The van der Waals surface area contributed by atoms with Crippen LogP contribution in [0.1, 0.15) is 22.8 Å². The van der Waals surface area contributed by atoms with Crippen LogP contribution in [0.15, 0.2) is 42.6 Å². The number of amides is 1. The fourth-order valence-electron chi connectivity index (χ4n) is 3.21. The molecule has 0 saturated carbocycles. The van der Waals surface area contributed by atoms with E-state index in [-0.39, 0.29) is 5.91 Å². The molecule has 1 aromatic carbocycles. The van der Waals surface area contributed by atoms with Crippen molar-refractivity contribution in [3.05, 3.63) is 53.7 Å². The van der Waals surface area contributed by atoms with Crippen LogP contribution in [0, 0.1) is 6.92 Å². The quantitative estimate of drug-likeness (QED) is 0.814. The van der Waals surface area contributed by atoms with Gasteiger partial charge in [0.15, 0.2) is 0 Å². The Morgan fingerprint density at radius 1 is 1.26 bits per heavy atom. The Labute approximate surface area is 161 Å². The summed E-state index contributed by atoms with van der Waals surface area (Å²) >= 11 is 0. The van der Waals surface area contributed by atoms with Crippen LogP contribution < -0.4 is 10.2 Å². The van der Waals surface area contributed by atoms with Gasteiger partial charge in [-0.3, -0.25) is 9.69 Å². The number of nitrogens with zero attached hydrogens (tertiary/aromatic N) is 3. The van der Waals surface area contributed by atoms with Crippen molar-refractivity contribution in [1.29, 1.82) is 0 Å². The largest absolute Gasteiger partial charge is 0.379 e. The van der Waals surface area contributed by atoms with Crippen LogP contribution >= 0.6 is 0 Å². The summed E-state index contributed by atoms with van der Waals surface area (Å²) < 4.78 is 5.33. The predicted octanol–water partition coefficient (Wildman–Crippen LogP) is 2.61. The number of morpholine rings is 1. The molecule has 0 aliphatic carbocycles. The average molecular weight is 368 g/mol. The first-order valence-corrected chi connectivity index (χ1v) is 9.56. The van der Waals surface area contributed by atoms with E-state index in [9.17, 15) is 4.79 Å². The summed E-state index contributed by atoms with van der Waals surface area (Å²) in [6.07, 6.45) is 1.65. The van der Waals surface area contributed by atoms with Crippen LogP contribution in [-0.4, -0.2) is 61.7 Å². The smallest absolute Gasteiger partial charge is 0.252 e. The fourth-order valence-corrected chi connectivity index (χ4v) is 3.21. The van der Waals surface area contributed by atoms with Crippen molar-refractivity contribution in [1.82, 2.24) is 15.2 Å². The van der Waals surface area contributed by atoms with E-state index in [1.807, 2.05) is 18.2 Å². The van der Waals surface area contributed by atoms with Gasteiger partial charge in [0.2, 0.25) is 0 Å². The third-order valence-corrected chi connectivity index (χ3v) is 4.73. The Morgan fingerprint density at radius 2 is 2.07 bits per heavy atom. The summed E-state index contributed by atoms with van der Waals surface area (Å²) in [5, 5.41) is 2.97. The van der Waals surface area contributed by atoms with E-state index in [2.05, 4.69) is 52.1 Å². The van der Waals surface area contributed by atoms with Gasteiger partial charge in [-0.2, -0.15) is 0 Å². The van der Waals surface area contributed by atoms with Gasteiger partial charge < -0.3 is 15.0 Å². The maximum Gasteiger partial charge on any atom is 0.252 e. The first kappa shape index (κ1) is 19.3. The fraction of sp³-hybridized carbons (Fsp3) is 0.429. The van der Waals surface area contributed by atoms with Crippen LogP contribution in [-0.2, 0) is 4.74 Å². The molecule has 0 bridgehead atoms. The van der Waals surface area contributed by atoms with E-state index in [0.29, 0.717) is 12.1 Å². The Morgan fingerprint density at radius 3 is 2.74 bits per heavy atom. The number of rotatable bonds is 7. The highest BCUT2D eigenvalue weighted by molar-refractivity contribution is 5.94. The van der Waals surface area contributed by atoms with Crippen LogP contribution in [0.5, 0.6) is 0 Å². The van der Waals surface area contributed by atoms with Crippen molar-refractivity contribution in [2.75, 3.05) is 50.8 Å². The molecule has 2 heterocycles. The van der Waals surface area contributed by atoms with E-state index >= 15 is 0 Å².